The second-order valence-corrected chi connectivity index (χ2v) is 7.61. The summed E-state index contributed by atoms with van der Waals surface area (Å²) in [7, 11) is 0. The second kappa shape index (κ2) is 10.9. The Hall–Kier alpha value is -3.14. The Bertz CT molecular complexity index is 869. The number of carbonyl (C=O) groups excluding carboxylic acids is 4. The molecule has 0 bridgehead atoms. The maximum Gasteiger partial charge on any atom is 0.303 e. The molecule has 0 aliphatic carbocycles. The molecule has 10 nitrogen and oxygen atoms in total. The lowest BCUT2D eigenvalue weighted by atomic mass is 9.96. The van der Waals surface area contributed by atoms with E-state index in [-0.39, 0.29) is 6.61 Å². The van der Waals surface area contributed by atoms with Crippen LogP contribution in [0.4, 0.5) is 0 Å². The number of carbonyl (C=O) groups is 4. The lowest BCUT2D eigenvalue weighted by Crippen LogP contribution is -2.67. The molecule has 0 unspecified atom stereocenters. The molecule has 1 aromatic carbocycles. The quantitative estimate of drug-likeness (QED) is 0.483. The van der Waals surface area contributed by atoms with E-state index in [4.69, 9.17) is 23.7 Å². The minimum atomic E-state index is -1.16. The van der Waals surface area contributed by atoms with Crippen LogP contribution in [0.25, 0.3) is 0 Å². The molecule has 0 radical (unpaired) electrons. The molecule has 0 aromatic heterocycles. The van der Waals surface area contributed by atoms with Gasteiger partial charge in [0, 0.05) is 27.7 Å². The highest BCUT2D eigenvalue weighted by Crippen LogP contribution is 2.30. The Morgan fingerprint density at radius 1 is 0.938 bits per heavy atom. The van der Waals surface area contributed by atoms with Crippen molar-refractivity contribution in [3.8, 4) is 5.75 Å². The van der Waals surface area contributed by atoms with Crippen LogP contribution in [0, 0.1) is 13.8 Å². The summed E-state index contributed by atoms with van der Waals surface area (Å²) in [6.07, 6.45) is -4.48. The number of aryl methyl sites for hydroxylation is 2. The zero-order valence-electron chi connectivity index (χ0n) is 19.0. The smallest absolute Gasteiger partial charge is 0.303 e. The Morgan fingerprint density at radius 3 is 2.09 bits per heavy atom. The number of ether oxygens (including phenoxy) is 5. The van der Waals surface area contributed by atoms with E-state index in [1.165, 1.54) is 27.7 Å². The first-order valence-electron chi connectivity index (χ1n) is 10.1. The number of hydrogen-bond acceptors (Lipinski definition) is 9. The number of nitrogens with one attached hydrogen (secondary N) is 1. The maximum atomic E-state index is 11.9. The van der Waals surface area contributed by atoms with Gasteiger partial charge < -0.3 is 29.0 Å². The van der Waals surface area contributed by atoms with Gasteiger partial charge in [0.05, 0.1) is 0 Å². The third-order valence-corrected chi connectivity index (χ3v) is 4.64. The molecule has 10 heteroatoms. The largest absolute Gasteiger partial charge is 0.463 e. The van der Waals surface area contributed by atoms with Crippen molar-refractivity contribution in [2.24, 2.45) is 0 Å². The van der Waals surface area contributed by atoms with Crippen LogP contribution in [-0.2, 0) is 38.1 Å². The van der Waals surface area contributed by atoms with Gasteiger partial charge in [0.25, 0.3) is 0 Å². The Morgan fingerprint density at radius 2 is 1.56 bits per heavy atom. The average Bonchev–Trinajstić information content (AvgIpc) is 2.65. The van der Waals surface area contributed by atoms with Crippen LogP contribution in [0.1, 0.15) is 38.8 Å². The second-order valence-electron chi connectivity index (χ2n) is 7.61. The van der Waals surface area contributed by atoms with Crippen LogP contribution in [0.15, 0.2) is 18.2 Å². The van der Waals surface area contributed by atoms with Crippen LogP contribution in [-0.4, -0.2) is 61.1 Å². The van der Waals surface area contributed by atoms with Crippen molar-refractivity contribution in [3.05, 3.63) is 29.3 Å². The first kappa shape index (κ1) is 25.1. The summed E-state index contributed by atoms with van der Waals surface area (Å²) < 4.78 is 27.9. The van der Waals surface area contributed by atoms with E-state index >= 15 is 0 Å². The normalized spacial score (nSPS) is 24.8. The summed E-state index contributed by atoms with van der Waals surface area (Å²) in [5.41, 5.74) is 1.84. The maximum absolute atomic E-state index is 11.9. The van der Waals surface area contributed by atoms with E-state index in [1.54, 1.807) is 6.07 Å². The number of rotatable bonds is 7. The predicted octanol–water partition coefficient (Wildman–Crippen LogP) is 1.34. The van der Waals surface area contributed by atoms with Crippen LogP contribution < -0.4 is 10.1 Å². The SMILES string of the molecule is CC(=O)N[C@H]1[C@@H](Oc2ccc(C)cc2C)O[C@@H](COC(C)=O)[C@@H](OC(C)=O)[C@H]1OC(C)=O. The van der Waals surface area contributed by atoms with Gasteiger partial charge in [-0.2, -0.15) is 0 Å². The summed E-state index contributed by atoms with van der Waals surface area (Å²) in [6, 6.07) is 4.49. The molecule has 32 heavy (non-hydrogen) atoms. The average molecular weight is 451 g/mol. The molecule has 1 saturated heterocycles. The van der Waals surface area contributed by atoms with Gasteiger partial charge >= 0.3 is 17.9 Å². The van der Waals surface area contributed by atoms with Gasteiger partial charge in [-0.25, -0.2) is 0 Å². The van der Waals surface area contributed by atoms with Crippen molar-refractivity contribution in [1.29, 1.82) is 0 Å². The Labute approximate surface area is 186 Å². The zero-order chi connectivity index (χ0) is 24.0. The highest BCUT2D eigenvalue weighted by atomic mass is 16.7. The molecule has 5 atom stereocenters. The topological polar surface area (TPSA) is 126 Å². The standard InChI is InChI=1S/C22H29NO9/c1-11-7-8-17(12(2)9-11)31-22-19(23-13(3)24)21(30-16(6)27)20(29-15(5)26)18(32-22)10-28-14(4)25/h7-9,18-22H,10H2,1-6H3,(H,23,24)/t18-,19+,20+,21-,22-/m0/s1. The number of amides is 1. The van der Waals surface area contributed by atoms with Gasteiger partial charge in [-0.3, -0.25) is 19.2 Å². The van der Waals surface area contributed by atoms with Gasteiger partial charge in [0.1, 0.15) is 24.5 Å². The minimum absolute atomic E-state index is 0.287. The lowest BCUT2D eigenvalue weighted by Gasteiger charge is -2.44. The van der Waals surface area contributed by atoms with Crippen molar-refractivity contribution in [2.45, 2.75) is 72.2 Å². The van der Waals surface area contributed by atoms with Crippen molar-refractivity contribution >= 4 is 23.8 Å². The Balaban J connectivity index is 2.47. The van der Waals surface area contributed by atoms with Crippen molar-refractivity contribution in [1.82, 2.24) is 5.32 Å². The van der Waals surface area contributed by atoms with Gasteiger partial charge in [0.2, 0.25) is 12.2 Å². The summed E-state index contributed by atoms with van der Waals surface area (Å²) in [6.45, 7) is 8.36. The molecule has 1 aliphatic rings. The van der Waals surface area contributed by atoms with Gasteiger partial charge in [-0.1, -0.05) is 17.7 Å². The van der Waals surface area contributed by atoms with Crippen LogP contribution >= 0.6 is 0 Å². The Kier molecular flexibility index (Phi) is 8.59. The van der Waals surface area contributed by atoms with Crippen molar-refractivity contribution in [3.63, 3.8) is 0 Å². The molecule has 1 fully saturated rings. The van der Waals surface area contributed by atoms with Crippen molar-refractivity contribution < 1.29 is 42.9 Å². The van der Waals surface area contributed by atoms with Gasteiger partial charge in [-0.05, 0) is 25.5 Å². The molecule has 1 N–H and O–H groups in total. The zero-order valence-corrected chi connectivity index (χ0v) is 19.0. The fourth-order valence-electron chi connectivity index (χ4n) is 3.45. The number of benzene rings is 1. The van der Waals surface area contributed by atoms with Gasteiger partial charge in [0.15, 0.2) is 12.2 Å². The van der Waals surface area contributed by atoms with Crippen LogP contribution in [0.3, 0.4) is 0 Å². The monoisotopic (exact) mass is 451 g/mol. The molecule has 1 aliphatic heterocycles. The van der Waals surface area contributed by atoms with Crippen molar-refractivity contribution in [2.75, 3.05) is 6.61 Å². The van der Waals surface area contributed by atoms with Crippen LogP contribution in [0.5, 0.6) is 5.75 Å². The van der Waals surface area contributed by atoms with E-state index in [0.29, 0.717) is 5.75 Å². The first-order chi connectivity index (χ1) is 15.0. The molecule has 1 aromatic rings. The van der Waals surface area contributed by atoms with E-state index in [9.17, 15) is 19.2 Å². The fourth-order valence-corrected chi connectivity index (χ4v) is 3.45. The van der Waals surface area contributed by atoms with E-state index in [1.807, 2.05) is 26.0 Å². The molecular weight excluding hydrogens is 422 g/mol. The third kappa shape index (κ3) is 6.94. The first-order valence-corrected chi connectivity index (χ1v) is 10.1. The lowest BCUT2D eigenvalue weighted by molar-refractivity contribution is -0.257. The molecule has 0 saturated carbocycles. The third-order valence-electron chi connectivity index (χ3n) is 4.64. The number of esters is 3. The predicted molar refractivity (Wildman–Crippen MR) is 111 cm³/mol. The van der Waals surface area contributed by atoms with E-state index in [2.05, 4.69) is 5.32 Å². The highest BCUT2D eigenvalue weighted by Gasteiger charge is 2.52. The molecule has 1 heterocycles. The highest BCUT2D eigenvalue weighted by molar-refractivity contribution is 5.73. The molecular formula is C22H29NO9. The van der Waals surface area contributed by atoms with Gasteiger partial charge in [-0.15, -0.1) is 0 Å². The number of hydrogen-bond donors (Lipinski definition) is 1. The fraction of sp³-hybridized carbons (Fsp3) is 0.545. The van der Waals surface area contributed by atoms with E-state index in [0.717, 1.165) is 11.1 Å². The molecule has 0 spiro atoms. The van der Waals surface area contributed by atoms with Crippen LogP contribution in [0.2, 0.25) is 0 Å². The minimum Gasteiger partial charge on any atom is -0.463 e. The molecule has 1 amide bonds. The summed E-state index contributed by atoms with van der Waals surface area (Å²) in [4.78, 5) is 46.9. The van der Waals surface area contributed by atoms with E-state index < -0.39 is 54.5 Å². The summed E-state index contributed by atoms with van der Waals surface area (Å²) in [5, 5.41) is 2.66. The molecule has 2 rings (SSSR count). The summed E-state index contributed by atoms with van der Waals surface area (Å²) >= 11 is 0. The summed E-state index contributed by atoms with van der Waals surface area (Å²) in [5.74, 6) is -1.87. The molecule has 176 valence electrons.